The fraction of sp³-hybridized carbons (Fsp3) is 0.0714. The molecule has 0 atom stereocenters. The van der Waals surface area contributed by atoms with Crippen LogP contribution in [-0.4, -0.2) is 15.9 Å². The Hall–Kier alpha value is -2.20. The molecule has 1 aromatic heterocycles. The number of allylic oxidation sites excluding steroid dienone is 3. The number of halogens is 1. The highest BCUT2D eigenvalue weighted by Crippen LogP contribution is 2.20. The van der Waals surface area contributed by atoms with Gasteiger partial charge < -0.3 is 5.32 Å². The number of amides is 1. The molecular formula is C14H12ClN3O. The van der Waals surface area contributed by atoms with E-state index in [0.29, 0.717) is 11.0 Å². The van der Waals surface area contributed by atoms with Crippen LogP contribution in [0.3, 0.4) is 0 Å². The highest BCUT2D eigenvalue weighted by molar-refractivity contribution is 6.32. The molecule has 0 bridgehead atoms. The van der Waals surface area contributed by atoms with Gasteiger partial charge in [0, 0.05) is 6.08 Å². The second kappa shape index (κ2) is 6.11. The van der Waals surface area contributed by atoms with Gasteiger partial charge in [-0.05, 0) is 19.1 Å². The predicted molar refractivity (Wildman–Crippen MR) is 77.1 cm³/mol. The molecule has 5 heteroatoms. The molecule has 1 aromatic carbocycles. The van der Waals surface area contributed by atoms with Crippen molar-refractivity contribution in [3.63, 3.8) is 0 Å². The molecule has 0 aliphatic heterocycles. The summed E-state index contributed by atoms with van der Waals surface area (Å²) >= 11 is 5.98. The van der Waals surface area contributed by atoms with Crippen molar-refractivity contribution in [2.24, 2.45) is 0 Å². The van der Waals surface area contributed by atoms with E-state index in [2.05, 4.69) is 15.3 Å². The Labute approximate surface area is 115 Å². The summed E-state index contributed by atoms with van der Waals surface area (Å²) in [7, 11) is 0. The first-order valence-corrected chi connectivity index (χ1v) is 6.11. The number of hydrogen-bond acceptors (Lipinski definition) is 3. The maximum absolute atomic E-state index is 11.6. The van der Waals surface area contributed by atoms with Crippen LogP contribution < -0.4 is 5.32 Å². The van der Waals surface area contributed by atoms with Crippen molar-refractivity contribution >= 4 is 34.4 Å². The van der Waals surface area contributed by atoms with Gasteiger partial charge in [0.2, 0.25) is 5.91 Å². The summed E-state index contributed by atoms with van der Waals surface area (Å²) in [5.41, 5.74) is 1.37. The molecule has 0 spiro atoms. The number of carbonyl (C=O) groups excluding carboxylic acids is 1. The summed E-state index contributed by atoms with van der Waals surface area (Å²) in [4.78, 5) is 20.1. The number of carbonyl (C=O) groups is 1. The molecule has 0 aliphatic carbocycles. The summed E-state index contributed by atoms with van der Waals surface area (Å²) in [6.45, 7) is 1.87. The molecule has 0 radical (unpaired) electrons. The van der Waals surface area contributed by atoms with Gasteiger partial charge in [-0.3, -0.25) is 4.79 Å². The monoisotopic (exact) mass is 273 g/mol. The predicted octanol–water partition coefficient (Wildman–Crippen LogP) is 3.35. The van der Waals surface area contributed by atoms with Gasteiger partial charge in [0.25, 0.3) is 0 Å². The van der Waals surface area contributed by atoms with Crippen LogP contribution in [0.25, 0.3) is 11.0 Å². The van der Waals surface area contributed by atoms with E-state index < -0.39 is 0 Å². The van der Waals surface area contributed by atoms with E-state index >= 15 is 0 Å². The van der Waals surface area contributed by atoms with Crippen LogP contribution >= 0.6 is 11.6 Å². The number of nitrogens with one attached hydrogen (secondary N) is 1. The van der Waals surface area contributed by atoms with Gasteiger partial charge in [-0.1, -0.05) is 42.0 Å². The number of anilines is 1. The summed E-state index contributed by atoms with van der Waals surface area (Å²) in [6, 6.07) is 7.32. The van der Waals surface area contributed by atoms with Gasteiger partial charge in [0.15, 0.2) is 11.0 Å². The number of rotatable bonds is 3. The van der Waals surface area contributed by atoms with Crippen LogP contribution in [0.2, 0.25) is 5.15 Å². The normalized spacial score (nSPS) is 11.5. The minimum atomic E-state index is -0.301. The van der Waals surface area contributed by atoms with Crippen molar-refractivity contribution in [3.05, 3.63) is 53.7 Å². The zero-order valence-corrected chi connectivity index (χ0v) is 11.1. The summed E-state index contributed by atoms with van der Waals surface area (Å²) in [6.07, 6.45) is 6.62. The zero-order valence-electron chi connectivity index (χ0n) is 10.3. The van der Waals surface area contributed by atoms with E-state index in [-0.39, 0.29) is 16.9 Å². The van der Waals surface area contributed by atoms with Gasteiger partial charge in [-0.15, -0.1) is 0 Å². The molecule has 2 aromatic rings. The van der Waals surface area contributed by atoms with E-state index in [1.54, 1.807) is 12.2 Å². The molecular weight excluding hydrogens is 262 g/mol. The fourth-order valence-electron chi connectivity index (χ4n) is 1.47. The van der Waals surface area contributed by atoms with Crippen molar-refractivity contribution in [3.8, 4) is 0 Å². The van der Waals surface area contributed by atoms with Gasteiger partial charge >= 0.3 is 0 Å². The van der Waals surface area contributed by atoms with Crippen LogP contribution in [0.4, 0.5) is 5.82 Å². The van der Waals surface area contributed by atoms with Crippen LogP contribution in [-0.2, 0) is 4.79 Å². The standard InChI is InChI=1S/C14H12ClN3O/c1-2-3-4-9-12(19)18-14-13(15)16-10-7-5-6-8-11(10)17-14/h2-9H,1H3,(H,17,18,19). The molecule has 0 saturated heterocycles. The van der Waals surface area contributed by atoms with Crippen molar-refractivity contribution in [1.29, 1.82) is 0 Å². The Morgan fingerprint density at radius 2 is 1.89 bits per heavy atom. The lowest BCUT2D eigenvalue weighted by Crippen LogP contribution is -2.10. The molecule has 96 valence electrons. The largest absolute Gasteiger partial charge is 0.304 e. The lowest BCUT2D eigenvalue weighted by atomic mass is 10.3. The SMILES string of the molecule is CC=CC=CC(=O)Nc1nc2ccccc2nc1Cl. The highest BCUT2D eigenvalue weighted by Gasteiger charge is 2.08. The molecule has 1 N–H and O–H groups in total. The number of para-hydroxylation sites is 2. The molecule has 4 nitrogen and oxygen atoms in total. The topological polar surface area (TPSA) is 54.9 Å². The van der Waals surface area contributed by atoms with E-state index in [4.69, 9.17) is 11.6 Å². The molecule has 1 heterocycles. The Kier molecular flexibility index (Phi) is 4.26. The molecule has 2 rings (SSSR count). The summed E-state index contributed by atoms with van der Waals surface area (Å²) < 4.78 is 0. The summed E-state index contributed by atoms with van der Waals surface area (Å²) in [5, 5.41) is 2.77. The molecule has 0 unspecified atom stereocenters. The minimum Gasteiger partial charge on any atom is -0.304 e. The first-order valence-electron chi connectivity index (χ1n) is 5.73. The fourth-order valence-corrected chi connectivity index (χ4v) is 1.65. The van der Waals surface area contributed by atoms with Crippen LogP contribution in [0.1, 0.15) is 6.92 Å². The third-order valence-electron chi connectivity index (χ3n) is 2.32. The Bertz CT molecular complexity index is 665. The van der Waals surface area contributed by atoms with E-state index in [9.17, 15) is 4.79 Å². The first-order chi connectivity index (χ1) is 9.20. The minimum absolute atomic E-state index is 0.173. The van der Waals surface area contributed by atoms with Crippen LogP contribution in [0, 0.1) is 0 Å². The number of aromatic nitrogens is 2. The van der Waals surface area contributed by atoms with Gasteiger partial charge in [0.05, 0.1) is 11.0 Å². The van der Waals surface area contributed by atoms with Crippen LogP contribution in [0.15, 0.2) is 48.6 Å². The van der Waals surface area contributed by atoms with Crippen molar-refractivity contribution in [2.45, 2.75) is 6.92 Å². The third-order valence-corrected chi connectivity index (χ3v) is 2.58. The van der Waals surface area contributed by atoms with E-state index in [0.717, 1.165) is 0 Å². The van der Waals surface area contributed by atoms with Crippen molar-refractivity contribution < 1.29 is 4.79 Å². The van der Waals surface area contributed by atoms with Crippen molar-refractivity contribution in [2.75, 3.05) is 5.32 Å². The first kappa shape index (κ1) is 13.2. The van der Waals surface area contributed by atoms with Gasteiger partial charge in [-0.2, -0.15) is 0 Å². The van der Waals surface area contributed by atoms with E-state index in [1.807, 2.05) is 37.3 Å². The lowest BCUT2D eigenvalue weighted by Gasteiger charge is -2.04. The Morgan fingerprint density at radius 3 is 2.58 bits per heavy atom. The number of benzene rings is 1. The highest BCUT2D eigenvalue weighted by atomic mass is 35.5. The molecule has 19 heavy (non-hydrogen) atoms. The summed E-state index contributed by atoms with van der Waals surface area (Å²) in [5.74, 6) is -0.0416. The molecule has 0 aliphatic rings. The second-order valence-corrected chi connectivity index (χ2v) is 4.08. The maximum atomic E-state index is 11.6. The number of fused-ring (bicyclic) bond motifs is 1. The number of nitrogens with zero attached hydrogens (tertiary/aromatic N) is 2. The lowest BCUT2D eigenvalue weighted by molar-refractivity contribution is -0.111. The quantitative estimate of drug-likeness (QED) is 0.689. The van der Waals surface area contributed by atoms with Crippen molar-refractivity contribution in [1.82, 2.24) is 9.97 Å². The maximum Gasteiger partial charge on any atom is 0.249 e. The van der Waals surface area contributed by atoms with Crippen LogP contribution in [0.5, 0.6) is 0 Å². The Morgan fingerprint density at radius 1 is 1.21 bits per heavy atom. The molecule has 0 saturated carbocycles. The zero-order chi connectivity index (χ0) is 13.7. The molecule has 0 fully saturated rings. The van der Waals surface area contributed by atoms with Gasteiger partial charge in [-0.25, -0.2) is 9.97 Å². The Balaban J connectivity index is 2.25. The average Bonchev–Trinajstić information content (AvgIpc) is 2.40. The van der Waals surface area contributed by atoms with E-state index in [1.165, 1.54) is 6.08 Å². The number of hydrogen-bond donors (Lipinski definition) is 1. The second-order valence-electron chi connectivity index (χ2n) is 3.73. The smallest absolute Gasteiger partial charge is 0.249 e. The third kappa shape index (κ3) is 3.39. The molecule has 1 amide bonds. The van der Waals surface area contributed by atoms with Gasteiger partial charge in [0.1, 0.15) is 0 Å². The average molecular weight is 274 g/mol.